The number of hydrogen-bond donors (Lipinski definition) is 2. The molecule has 1 aromatic rings. The fourth-order valence-electron chi connectivity index (χ4n) is 3.51. The van der Waals surface area contributed by atoms with Gasteiger partial charge in [-0.3, -0.25) is 9.59 Å². The van der Waals surface area contributed by atoms with E-state index in [-0.39, 0.29) is 17.7 Å². The highest BCUT2D eigenvalue weighted by Gasteiger charge is 2.39. The Balaban J connectivity index is 1.58. The molecule has 3 atom stereocenters. The van der Waals surface area contributed by atoms with Crippen LogP contribution in [0.5, 0.6) is 0 Å². The summed E-state index contributed by atoms with van der Waals surface area (Å²) in [6, 6.07) is 7.28. The van der Waals surface area contributed by atoms with E-state index in [1.54, 1.807) is 0 Å². The number of nitrogens with zero attached hydrogens (tertiary/aromatic N) is 1. The molecule has 3 unspecified atom stereocenters. The topological polar surface area (TPSA) is 61.4 Å². The van der Waals surface area contributed by atoms with Gasteiger partial charge < -0.3 is 15.5 Å². The van der Waals surface area contributed by atoms with E-state index < -0.39 is 0 Å². The van der Waals surface area contributed by atoms with E-state index in [1.807, 2.05) is 36.2 Å². The van der Waals surface area contributed by atoms with Gasteiger partial charge in [-0.05, 0) is 69.0 Å². The number of amides is 2. The maximum atomic E-state index is 12.7. The molecule has 0 spiro atoms. The Kier molecular flexibility index (Phi) is 5.19. The molecule has 1 heterocycles. The SMILES string of the molecule is CNCC1CCCN(C(=O)c2ccc(NC(=O)C3CC3C)cc2)C1. The van der Waals surface area contributed by atoms with Crippen LogP contribution in [0.3, 0.4) is 0 Å². The van der Waals surface area contributed by atoms with Gasteiger partial charge in [0, 0.05) is 30.3 Å². The van der Waals surface area contributed by atoms with Gasteiger partial charge in [0.05, 0.1) is 0 Å². The second-order valence-corrected chi connectivity index (χ2v) is 7.20. The van der Waals surface area contributed by atoms with E-state index in [4.69, 9.17) is 0 Å². The first kappa shape index (κ1) is 17.0. The van der Waals surface area contributed by atoms with Gasteiger partial charge in [-0.2, -0.15) is 0 Å². The minimum atomic E-state index is 0.0875. The second kappa shape index (κ2) is 7.34. The largest absolute Gasteiger partial charge is 0.338 e. The number of hydrogen-bond acceptors (Lipinski definition) is 3. The number of anilines is 1. The lowest BCUT2D eigenvalue weighted by atomic mass is 9.97. The van der Waals surface area contributed by atoms with Crippen molar-refractivity contribution >= 4 is 17.5 Å². The number of carbonyl (C=O) groups is 2. The molecule has 1 aliphatic heterocycles. The summed E-state index contributed by atoms with van der Waals surface area (Å²) in [7, 11) is 1.95. The maximum absolute atomic E-state index is 12.7. The summed E-state index contributed by atoms with van der Waals surface area (Å²) >= 11 is 0. The summed E-state index contributed by atoms with van der Waals surface area (Å²) in [4.78, 5) is 26.6. The van der Waals surface area contributed by atoms with E-state index in [2.05, 4.69) is 17.6 Å². The van der Waals surface area contributed by atoms with Gasteiger partial charge in [0.15, 0.2) is 0 Å². The van der Waals surface area contributed by atoms with Crippen molar-refractivity contribution in [1.29, 1.82) is 0 Å². The van der Waals surface area contributed by atoms with E-state index in [1.165, 1.54) is 6.42 Å². The maximum Gasteiger partial charge on any atom is 0.253 e. The molecule has 1 aromatic carbocycles. The second-order valence-electron chi connectivity index (χ2n) is 7.20. The summed E-state index contributed by atoms with van der Waals surface area (Å²) in [5.74, 6) is 1.36. The Bertz CT molecular complexity index is 597. The zero-order chi connectivity index (χ0) is 17.1. The lowest BCUT2D eigenvalue weighted by Crippen LogP contribution is -2.42. The number of benzene rings is 1. The van der Waals surface area contributed by atoms with Gasteiger partial charge in [0.25, 0.3) is 5.91 Å². The van der Waals surface area contributed by atoms with Crippen LogP contribution in [-0.2, 0) is 4.79 Å². The van der Waals surface area contributed by atoms with E-state index in [9.17, 15) is 9.59 Å². The molecule has 3 rings (SSSR count). The monoisotopic (exact) mass is 329 g/mol. The summed E-state index contributed by atoms with van der Waals surface area (Å²) in [6.45, 7) is 4.69. The lowest BCUT2D eigenvalue weighted by molar-refractivity contribution is -0.117. The van der Waals surface area contributed by atoms with Crippen LogP contribution >= 0.6 is 0 Å². The number of nitrogens with one attached hydrogen (secondary N) is 2. The molecule has 1 saturated heterocycles. The Labute approximate surface area is 143 Å². The summed E-state index contributed by atoms with van der Waals surface area (Å²) in [5, 5.41) is 6.13. The van der Waals surface area contributed by atoms with Crippen LogP contribution in [0.15, 0.2) is 24.3 Å². The fraction of sp³-hybridized carbons (Fsp3) is 0.579. The number of carbonyl (C=O) groups excluding carboxylic acids is 2. The first-order chi connectivity index (χ1) is 11.6. The number of likely N-dealkylation sites (tertiary alicyclic amines) is 1. The molecule has 2 amide bonds. The molecule has 24 heavy (non-hydrogen) atoms. The van der Waals surface area contributed by atoms with E-state index in [0.29, 0.717) is 17.4 Å². The van der Waals surface area contributed by atoms with Crippen molar-refractivity contribution in [2.24, 2.45) is 17.8 Å². The zero-order valence-electron chi connectivity index (χ0n) is 14.5. The molecular weight excluding hydrogens is 302 g/mol. The third-order valence-electron chi connectivity index (χ3n) is 5.14. The number of rotatable bonds is 5. The van der Waals surface area contributed by atoms with Crippen molar-refractivity contribution < 1.29 is 9.59 Å². The smallest absolute Gasteiger partial charge is 0.253 e. The molecule has 1 aliphatic carbocycles. The highest BCUT2D eigenvalue weighted by Crippen LogP contribution is 2.38. The van der Waals surface area contributed by atoms with Crippen LogP contribution < -0.4 is 10.6 Å². The van der Waals surface area contributed by atoms with Crippen molar-refractivity contribution in [3.05, 3.63) is 29.8 Å². The molecule has 5 heteroatoms. The molecule has 130 valence electrons. The molecule has 2 fully saturated rings. The summed E-state index contributed by atoms with van der Waals surface area (Å²) in [6.07, 6.45) is 3.21. The first-order valence-corrected chi connectivity index (χ1v) is 8.93. The molecule has 0 radical (unpaired) electrons. The summed E-state index contributed by atoms with van der Waals surface area (Å²) in [5.41, 5.74) is 1.46. The van der Waals surface area contributed by atoms with Gasteiger partial charge in [-0.25, -0.2) is 0 Å². The van der Waals surface area contributed by atoms with Gasteiger partial charge in [0.1, 0.15) is 0 Å². The molecule has 0 bridgehead atoms. The van der Waals surface area contributed by atoms with Crippen molar-refractivity contribution in [1.82, 2.24) is 10.2 Å². The van der Waals surface area contributed by atoms with Crippen LogP contribution in [0.2, 0.25) is 0 Å². The highest BCUT2D eigenvalue weighted by atomic mass is 16.2. The normalized spacial score (nSPS) is 26.1. The minimum absolute atomic E-state index is 0.0875. The molecule has 5 nitrogen and oxygen atoms in total. The predicted molar refractivity (Wildman–Crippen MR) is 94.9 cm³/mol. The zero-order valence-corrected chi connectivity index (χ0v) is 14.5. The lowest BCUT2D eigenvalue weighted by Gasteiger charge is -2.32. The molecule has 1 saturated carbocycles. The molecular formula is C19H27N3O2. The Morgan fingerprint density at radius 1 is 1.25 bits per heavy atom. The van der Waals surface area contributed by atoms with Crippen molar-refractivity contribution in [2.45, 2.75) is 26.2 Å². The van der Waals surface area contributed by atoms with E-state index in [0.717, 1.165) is 38.2 Å². The van der Waals surface area contributed by atoms with Crippen molar-refractivity contribution in [3.8, 4) is 0 Å². The van der Waals surface area contributed by atoms with Crippen LogP contribution in [-0.4, -0.2) is 43.4 Å². The minimum Gasteiger partial charge on any atom is -0.338 e. The Morgan fingerprint density at radius 2 is 1.96 bits per heavy atom. The van der Waals surface area contributed by atoms with Crippen LogP contribution in [0.4, 0.5) is 5.69 Å². The Morgan fingerprint density at radius 3 is 2.58 bits per heavy atom. The third kappa shape index (κ3) is 3.96. The van der Waals surface area contributed by atoms with Gasteiger partial charge >= 0.3 is 0 Å². The van der Waals surface area contributed by atoms with Crippen molar-refractivity contribution in [3.63, 3.8) is 0 Å². The number of piperidine rings is 1. The molecule has 2 aliphatic rings. The quantitative estimate of drug-likeness (QED) is 0.872. The third-order valence-corrected chi connectivity index (χ3v) is 5.14. The Hall–Kier alpha value is -1.88. The molecule has 2 N–H and O–H groups in total. The van der Waals surface area contributed by atoms with Gasteiger partial charge in [-0.15, -0.1) is 0 Å². The fourth-order valence-corrected chi connectivity index (χ4v) is 3.51. The van der Waals surface area contributed by atoms with Gasteiger partial charge in [-0.1, -0.05) is 6.92 Å². The predicted octanol–water partition coefficient (Wildman–Crippen LogP) is 2.35. The average molecular weight is 329 g/mol. The average Bonchev–Trinajstić information content (AvgIpc) is 3.32. The highest BCUT2D eigenvalue weighted by molar-refractivity contribution is 5.97. The first-order valence-electron chi connectivity index (χ1n) is 8.93. The van der Waals surface area contributed by atoms with Crippen LogP contribution in [0, 0.1) is 17.8 Å². The van der Waals surface area contributed by atoms with Crippen molar-refractivity contribution in [2.75, 3.05) is 32.0 Å². The molecule has 0 aromatic heterocycles. The van der Waals surface area contributed by atoms with E-state index >= 15 is 0 Å². The van der Waals surface area contributed by atoms with Crippen LogP contribution in [0.25, 0.3) is 0 Å². The standard InChI is InChI=1S/C19H27N3O2/c1-13-10-17(13)18(23)21-16-7-5-15(6-8-16)19(24)22-9-3-4-14(12-22)11-20-2/h5-8,13-14,17,20H,3-4,9-12H2,1-2H3,(H,21,23). The van der Waals surface area contributed by atoms with Gasteiger partial charge in [0.2, 0.25) is 5.91 Å². The van der Waals surface area contributed by atoms with Crippen LogP contribution in [0.1, 0.15) is 36.5 Å². The summed E-state index contributed by atoms with van der Waals surface area (Å²) < 4.78 is 0.